The summed E-state index contributed by atoms with van der Waals surface area (Å²) in [7, 11) is 0. The van der Waals surface area contributed by atoms with Gasteiger partial charge in [-0.1, -0.05) is 19.9 Å². The summed E-state index contributed by atoms with van der Waals surface area (Å²) in [5.41, 5.74) is 2.31. The zero-order chi connectivity index (χ0) is 12.0. The fraction of sp³-hybridized carbons (Fsp3) is 0.538. The van der Waals surface area contributed by atoms with Gasteiger partial charge in [0.2, 0.25) is 0 Å². The van der Waals surface area contributed by atoms with Crippen LogP contribution in [0.2, 0.25) is 0 Å². The lowest BCUT2D eigenvalue weighted by Crippen LogP contribution is -2.19. The van der Waals surface area contributed by atoms with Crippen LogP contribution in [0, 0.1) is 11.7 Å². The van der Waals surface area contributed by atoms with Gasteiger partial charge in [-0.3, -0.25) is 0 Å². The third-order valence-electron chi connectivity index (χ3n) is 2.34. The molecule has 0 bridgehead atoms. The Kier molecular flexibility index (Phi) is 5.85. The highest BCUT2D eigenvalue weighted by Crippen LogP contribution is 2.16. The molecule has 0 aliphatic heterocycles. The van der Waals surface area contributed by atoms with E-state index in [2.05, 4.69) is 19.2 Å². The fourth-order valence-corrected chi connectivity index (χ4v) is 2.13. The first kappa shape index (κ1) is 13.5. The van der Waals surface area contributed by atoms with Crippen molar-refractivity contribution in [1.82, 2.24) is 5.32 Å². The van der Waals surface area contributed by atoms with Gasteiger partial charge in [-0.05, 0) is 42.0 Å². The largest absolute Gasteiger partial charge is 0.312 e. The number of hydrogen-bond acceptors (Lipinski definition) is 2. The molecule has 0 aromatic heterocycles. The summed E-state index contributed by atoms with van der Waals surface area (Å²) >= 11 is 1.72. The molecule has 0 atom stereocenters. The number of halogens is 1. The van der Waals surface area contributed by atoms with Gasteiger partial charge in [-0.15, -0.1) is 0 Å². The second-order valence-electron chi connectivity index (χ2n) is 4.37. The first-order valence-electron chi connectivity index (χ1n) is 5.60. The summed E-state index contributed by atoms with van der Waals surface area (Å²) in [5, 5.41) is 3.39. The molecule has 0 aliphatic rings. The Labute approximate surface area is 102 Å². The van der Waals surface area contributed by atoms with E-state index in [1.807, 2.05) is 12.3 Å². The third kappa shape index (κ3) is 4.54. The highest BCUT2D eigenvalue weighted by Gasteiger charge is 2.04. The molecule has 0 amide bonds. The van der Waals surface area contributed by atoms with E-state index in [1.54, 1.807) is 17.8 Å². The smallest absolute Gasteiger partial charge is 0.123 e. The van der Waals surface area contributed by atoms with Gasteiger partial charge in [0.25, 0.3) is 0 Å². The summed E-state index contributed by atoms with van der Waals surface area (Å²) in [5.74, 6) is 1.37. The van der Waals surface area contributed by atoms with Crippen molar-refractivity contribution in [2.75, 3.05) is 12.8 Å². The number of benzene rings is 1. The molecule has 1 nitrogen and oxygen atoms in total. The van der Waals surface area contributed by atoms with Crippen LogP contribution in [0.4, 0.5) is 4.39 Å². The third-order valence-corrected chi connectivity index (χ3v) is 2.94. The van der Waals surface area contributed by atoms with Gasteiger partial charge < -0.3 is 5.32 Å². The minimum atomic E-state index is -0.142. The minimum absolute atomic E-state index is 0.142. The Morgan fingerprint density at radius 3 is 2.69 bits per heavy atom. The van der Waals surface area contributed by atoms with E-state index in [0.29, 0.717) is 5.92 Å². The average Bonchev–Trinajstić information content (AvgIpc) is 2.21. The second kappa shape index (κ2) is 6.92. The molecular weight excluding hydrogens is 221 g/mol. The van der Waals surface area contributed by atoms with Crippen molar-refractivity contribution in [2.45, 2.75) is 26.1 Å². The average molecular weight is 241 g/mol. The summed E-state index contributed by atoms with van der Waals surface area (Å²) < 4.78 is 13.1. The molecule has 0 unspecified atom stereocenters. The van der Waals surface area contributed by atoms with Gasteiger partial charge in [-0.25, -0.2) is 4.39 Å². The Morgan fingerprint density at radius 1 is 1.31 bits per heavy atom. The molecule has 16 heavy (non-hydrogen) atoms. The van der Waals surface area contributed by atoms with Gasteiger partial charge in [0.1, 0.15) is 5.82 Å². The van der Waals surface area contributed by atoms with Crippen molar-refractivity contribution < 1.29 is 4.39 Å². The van der Waals surface area contributed by atoms with Gasteiger partial charge >= 0.3 is 0 Å². The van der Waals surface area contributed by atoms with Crippen LogP contribution in [-0.4, -0.2) is 12.8 Å². The lowest BCUT2D eigenvalue weighted by molar-refractivity contribution is 0.550. The maximum Gasteiger partial charge on any atom is 0.123 e. The summed E-state index contributed by atoms with van der Waals surface area (Å²) in [6.45, 7) is 6.19. The Morgan fingerprint density at radius 2 is 2.06 bits per heavy atom. The molecule has 1 N–H and O–H groups in total. The van der Waals surface area contributed by atoms with Gasteiger partial charge in [0, 0.05) is 12.3 Å². The molecule has 0 spiro atoms. The Bertz CT molecular complexity index is 326. The van der Waals surface area contributed by atoms with Crippen LogP contribution in [-0.2, 0) is 12.3 Å². The Hall–Kier alpha value is -0.540. The predicted molar refractivity (Wildman–Crippen MR) is 70.2 cm³/mol. The molecular formula is C13H20FNS. The SMILES string of the molecule is CSCc1cc(F)ccc1CNCC(C)C. The fourth-order valence-electron chi connectivity index (χ4n) is 1.55. The molecule has 0 saturated carbocycles. The van der Waals surface area contributed by atoms with Gasteiger partial charge in [-0.2, -0.15) is 11.8 Å². The number of thioether (sulfide) groups is 1. The van der Waals surface area contributed by atoms with E-state index in [1.165, 1.54) is 11.6 Å². The zero-order valence-corrected chi connectivity index (χ0v) is 11.0. The maximum absolute atomic E-state index is 13.1. The predicted octanol–water partition coefficient (Wildman–Crippen LogP) is 3.43. The van der Waals surface area contributed by atoms with Crippen LogP contribution >= 0.6 is 11.8 Å². The number of hydrogen-bond donors (Lipinski definition) is 1. The lowest BCUT2D eigenvalue weighted by atomic mass is 10.1. The minimum Gasteiger partial charge on any atom is -0.312 e. The molecule has 3 heteroatoms. The summed E-state index contributed by atoms with van der Waals surface area (Å²) in [6.07, 6.45) is 2.04. The van der Waals surface area contributed by atoms with E-state index in [4.69, 9.17) is 0 Å². The summed E-state index contributed by atoms with van der Waals surface area (Å²) in [4.78, 5) is 0. The van der Waals surface area contributed by atoms with E-state index in [0.717, 1.165) is 24.4 Å². The molecule has 0 saturated heterocycles. The van der Waals surface area contributed by atoms with Crippen LogP contribution in [0.5, 0.6) is 0 Å². The molecule has 1 rings (SSSR count). The van der Waals surface area contributed by atoms with Crippen molar-refractivity contribution >= 4 is 11.8 Å². The Balaban J connectivity index is 2.63. The van der Waals surface area contributed by atoms with Gasteiger partial charge in [0.15, 0.2) is 0 Å². The molecule has 0 fully saturated rings. The van der Waals surface area contributed by atoms with Crippen LogP contribution in [0.15, 0.2) is 18.2 Å². The van der Waals surface area contributed by atoms with E-state index in [9.17, 15) is 4.39 Å². The van der Waals surface area contributed by atoms with Crippen molar-refractivity contribution in [2.24, 2.45) is 5.92 Å². The zero-order valence-electron chi connectivity index (χ0n) is 10.2. The van der Waals surface area contributed by atoms with E-state index >= 15 is 0 Å². The monoisotopic (exact) mass is 241 g/mol. The standard InChI is InChI=1S/C13H20FNS/c1-10(2)7-15-8-11-4-5-13(14)6-12(11)9-16-3/h4-6,10,15H,7-9H2,1-3H3. The first-order chi connectivity index (χ1) is 7.63. The number of nitrogens with one attached hydrogen (secondary N) is 1. The van der Waals surface area contributed by atoms with E-state index in [-0.39, 0.29) is 5.82 Å². The molecule has 0 aliphatic carbocycles. The van der Waals surface area contributed by atoms with Crippen molar-refractivity contribution in [3.8, 4) is 0 Å². The molecule has 1 aromatic carbocycles. The molecule has 90 valence electrons. The van der Waals surface area contributed by atoms with Gasteiger partial charge in [0.05, 0.1) is 0 Å². The summed E-state index contributed by atoms with van der Waals surface area (Å²) in [6, 6.07) is 5.06. The second-order valence-corrected chi connectivity index (χ2v) is 5.24. The highest BCUT2D eigenvalue weighted by atomic mass is 32.2. The van der Waals surface area contributed by atoms with Crippen LogP contribution < -0.4 is 5.32 Å². The molecule has 0 radical (unpaired) electrons. The quantitative estimate of drug-likeness (QED) is 0.819. The first-order valence-corrected chi connectivity index (χ1v) is 6.99. The molecule has 0 heterocycles. The van der Waals surface area contributed by atoms with Crippen molar-refractivity contribution in [1.29, 1.82) is 0 Å². The maximum atomic E-state index is 13.1. The van der Waals surface area contributed by atoms with Crippen LogP contribution in [0.1, 0.15) is 25.0 Å². The normalized spacial score (nSPS) is 11.1. The van der Waals surface area contributed by atoms with Crippen molar-refractivity contribution in [3.05, 3.63) is 35.1 Å². The van der Waals surface area contributed by atoms with Crippen molar-refractivity contribution in [3.63, 3.8) is 0 Å². The van der Waals surface area contributed by atoms with E-state index < -0.39 is 0 Å². The molecule has 1 aromatic rings. The highest BCUT2D eigenvalue weighted by molar-refractivity contribution is 7.97. The van der Waals surface area contributed by atoms with Crippen LogP contribution in [0.3, 0.4) is 0 Å². The lowest BCUT2D eigenvalue weighted by Gasteiger charge is -2.11. The number of rotatable bonds is 6. The topological polar surface area (TPSA) is 12.0 Å². The van der Waals surface area contributed by atoms with Crippen LogP contribution in [0.25, 0.3) is 0 Å².